The van der Waals surface area contributed by atoms with Crippen LogP contribution in [0.5, 0.6) is 0 Å². The lowest BCUT2D eigenvalue weighted by atomic mass is 10.1. The van der Waals surface area contributed by atoms with Crippen molar-refractivity contribution in [2.45, 2.75) is 6.92 Å². The van der Waals surface area contributed by atoms with Gasteiger partial charge in [-0.05, 0) is 19.1 Å². The minimum absolute atomic E-state index is 0.728. The Kier molecular flexibility index (Phi) is 1.77. The van der Waals surface area contributed by atoms with Gasteiger partial charge in [0.25, 0.3) is 0 Å². The second-order valence-corrected chi connectivity index (χ2v) is 2.96. The van der Waals surface area contributed by atoms with Crippen LogP contribution in [0.3, 0.4) is 0 Å². The first-order chi connectivity index (χ1) is 6.25. The smallest absolute Gasteiger partial charge is 0.167 e. The highest BCUT2D eigenvalue weighted by Gasteiger charge is 2.03. The number of nitrogen functional groups attached to an aromatic ring is 1. The molecular formula is C10H10N2O. The lowest BCUT2D eigenvalue weighted by Crippen LogP contribution is -1.83. The Labute approximate surface area is 76.2 Å². The van der Waals surface area contributed by atoms with E-state index in [1.165, 1.54) is 0 Å². The van der Waals surface area contributed by atoms with Crippen molar-refractivity contribution in [2.24, 2.45) is 0 Å². The van der Waals surface area contributed by atoms with Crippen molar-refractivity contribution in [3.63, 3.8) is 0 Å². The molecule has 66 valence electrons. The molecule has 2 N–H and O–H groups in total. The van der Waals surface area contributed by atoms with Crippen LogP contribution in [-0.2, 0) is 0 Å². The summed E-state index contributed by atoms with van der Waals surface area (Å²) < 4.78 is 5.10. The molecule has 0 unspecified atom stereocenters. The van der Waals surface area contributed by atoms with E-state index in [0.717, 1.165) is 22.7 Å². The summed E-state index contributed by atoms with van der Waals surface area (Å²) in [5.74, 6) is 0.754. The molecule has 0 aliphatic carbocycles. The summed E-state index contributed by atoms with van der Waals surface area (Å²) in [4.78, 5) is 0. The SMILES string of the molecule is Cc1cc(-c2cccc(N)c2)on1. The zero-order chi connectivity index (χ0) is 9.26. The first kappa shape index (κ1) is 7.86. The molecule has 0 atom stereocenters. The summed E-state index contributed by atoms with van der Waals surface area (Å²) in [5.41, 5.74) is 8.20. The molecule has 0 radical (unpaired) electrons. The van der Waals surface area contributed by atoms with Crippen LogP contribution in [0.1, 0.15) is 5.69 Å². The number of anilines is 1. The minimum atomic E-state index is 0.728. The standard InChI is InChI=1S/C10H10N2O/c1-7-5-10(13-12-7)8-3-2-4-9(11)6-8/h2-6H,11H2,1H3. The number of aromatic nitrogens is 1. The van der Waals surface area contributed by atoms with Crippen LogP contribution in [-0.4, -0.2) is 5.16 Å². The second-order valence-electron chi connectivity index (χ2n) is 2.96. The van der Waals surface area contributed by atoms with Gasteiger partial charge < -0.3 is 10.3 Å². The maximum Gasteiger partial charge on any atom is 0.167 e. The Balaban J connectivity index is 2.46. The van der Waals surface area contributed by atoms with Gasteiger partial charge in [-0.15, -0.1) is 0 Å². The first-order valence-corrected chi connectivity index (χ1v) is 4.05. The number of benzene rings is 1. The molecule has 2 rings (SSSR count). The van der Waals surface area contributed by atoms with Crippen LogP contribution in [0.2, 0.25) is 0 Å². The van der Waals surface area contributed by atoms with Crippen molar-refractivity contribution in [1.82, 2.24) is 5.16 Å². The average Bonchev–Trinajstić information content (AvgIpc) is 2.52. The number of hydrogen-bond acceptors (Lipinski definition) is 3. The highest BCUT2D eigenvalue weighted by Crippen LogP contribution is 2.21. The Morgan fingerprint density at radius 1 is 1.31 bits per heavy atom. The lowest BCUT2D eigenvalue weighted by Gasteiger charge is -1.95. The van der Waals surface area contributed by atoms with Gasteiger partial charge in [0, 0.05) is 17.3 Å². The Bertz CT molecular complexity index is 420. The lowest BCUT2D eigenvalue weighted by molar-refractivity contribution is 0.427. The molecule has 3 nitrogen and oxygen atoms in total. The van der Waals surface area contributed by atoms with E-state index in [1.807, 2.05) is 37.3 Å². The molecule has 0 saturated heterocycles. The molecule has 0 amide bonds. The number of hydrogen-bond donors (Lipinski definition) is 1. The molecule has 0 aliphatic heterocycles. The molecule has 1 aromatic heterocycles. The Hall–Kier alpha value is -1.77. The van der Waals surface area contributed by atoms with Crippen molar-refractivity contribution < 1.29 is 4.52 Å². The molecule has 0 saturated carbocycles. The third-order valence-corrected chi connectivity index (χ3v) is 1.80. The third kappa shape index (κ3) is 1.54. The molecule has 0 aliphatic rings. The van der Waals surface area contributed by atoms with Crippen LogP contribution in [0.15, 0.2) is 34.9 Å². The number of nitrogens with two attached hydrogens (primary N) is 1. The van der Waals surface area contributed by atoms with Gasteiger partial charge in [-0.25, -0.2) is 0 Å². The van der Waals surface area contributed by atoms with E-state index in [2.05, 4.69) is 5.16 Å². The van der Waals surface area contributed by atoms with Crippen LogP contribution in [0, 0.1) is 6.92 Å². The molecule has 0 spiro atoms. The number of aryl methyl sites for hydroxylation is 1. The van der Waals surface area contributed by atoms with Crippen LogP contribution in [0.4, 0.5) is 5.69 Å². The minimum Gasteiger partial charge on any atom is -0.399 e. The van der Waals surface area contributed by atoms with Gasteiger partial charge in [-0.1, -0.05) is 17.3 Å². The highest BCUT2D eigenvalue weighted by molar-refractivity contribution is 5.62. The van der Waals surface area contributed by atoms with E-state index in [4.69, 9.17) is 10.3 Å². The van der Waals surface area contributed by atoms with Gasteiger partial charge in [0.15, 0.2) is 5.76 Å². The van der Waals surface area contributed by atoms with Gasteiger partial charge in [0.1, 0.15) is 0 Å². The fourth-order valence-corrected chi connectivity index (χ4v) is 1.19. The largest absolute Gasteiger partial charge is 0.399 e. The molecule has 1 heterocycles. The molecule has 3 heteroatoms. The second kappa shape index (κ2) is 2.94. The third-order valence-electron chi connectivity index (χ3n) is 1.80. The van der Waals surface area contributed by atoms with Crippen molar-refractivity contribution >= 4 is 5.69 Å². The fourth-order valence-electron chi connectivity index (χ4n) is 1.19. The van der Waals surface area contributed by atoms with Crippen molar-refractivity contribution in [3.05, 3.63) is 36.0 Å². The molecule has 13 heavy (non-hydrogen) atoms. The van der Waals surface area contributed by atoms with Crippen LogP contribution >= 0.6 is 0 Å². The Morgan fingerprint density at radius 3 is 2.77 bits per heavy atom. The van der Waals surface area contributed by atoms with E-state index in [-0.39, 0.29) is 0 Å². The van der Waals surface area contributed by atoms with Gasteiger partial charge in [-0.3, -0.25) is 0 Å². The van der Waals surface area contributed by atoms with E-state index in [9.17, 15) is 0 Å². The van der Waals surface area contributed by atoms with E-state index < -0.39 is 0 Å². The molecular weight excluding hydrogens is 164 g/mol. The predicted molar refractivity (Wildman–Crippen MR) is 51.1 cm³/mol. The quantitative estimate of drug-likeness (QED) is 0.674. The van der Waals surface area contributed by atoms with E-state index >= 15 is 0 Å². The maximum atomic E-state index is 5.64. The number of rotatable bonds is 1. The summed E-state index contributed by atoms with van der Waals surface area (Å²) in [5, 5.41) is 3.81. The predicted octanol–water partition coefficient (Wildman–Crippen LogP) is 2.23. The van der Waals surface area contributed by atoms with Crippen molar-refractivity contribution in [3.8, 4) is 11.3 Å². The van der Waals surface area contributed by atoms with Crippen LogP contribution in [0.25, 0.3) is 11.3 Å². The van der Waals surface area contributed by atoms with Crippen LogP contribution < -0.4 is 5.73 Å². The van der Waals surface area contributed by atoms with Crippen molar-refractivity contribution in [2.75, 3.05) is 5.73 Å². The summed E-state index contributed by atoms with van der Waals surface area (Å²) in [6.07, 6.45) is 0. The molecule has 2 aromatic rings. The van der Waals surface area contributed by atoms with Crippen molar-refractivity contribution in [1.29, 1.82) is 0 Å². The monoisotopic (exact) mass is 174 g/mol. The van der Waals surface area contributed by atoms with Gasteiger partial charge in [-0.2, -0.15) is 0 Å². The Morgan fingerprint density at radius 2 is 2.15 bits per heavy atom. The maximum absolute atomic E-state index is 5.64. The van der Waals surface area contributed by atoms with E-state index in [0.29, 0.717) is 0 Å². The zero-order valence-electron chi connectivity index (χ0n) is 7.32. The molecule has 1 aromatic carbocycles. The zero-order valence-corrected chi connectivity index (χ0v) is 7.32. The summed E-state index contributed by atoms with van der Waals surface area (Å²) in [6, 6.07) is 9.42. The van der Waals surface area contributed by atoms with Gasteiger partial charge >= 0.3 is 0 Å². The average molecular weight is 174 g/mol. The summed E-state index contributed by atoms with van der Waals surface area (Å²) in [7, 11) is 0. The molecule has 0 bridgehead atoms. The highest BCUT2D eigenvalue weighted by atomic mass is 16.5. The summed E-state index contributed by atoms with van der Waals surface area (Å²) in [6.45, 7) is 1.89. The topological polar surface area (TPSA) is 52.0 Å². The summed E-state index contributed by atoms with van der Waals surface area (Å²) >= 11 is 0. The first-order valence-electron chi connectivity index (χ1n) is 4.05. The number of nitrogens with zero attached hydrogens (tertiary/aromatic N) is 1. The normalized spacial score (nSPS) is 10.2. The van der Waals surface area contributed by atoms with Gasteiger partial charge in [0.2, 0.25) is 0 Å². The fraction of sp³-hybridized carbons (Fsp3) is 0.100. The molecule has 0 fully saturated rings. The van der Waals surface area contributed by atoms with E-state index in [1.54, 1.807) is 0 Å². The van der Waals surface area contributed by atoms with Gasteiger partial charge in [0.05, 0.1) is 5.69 Å².